The summed E-state index contributed by atoms with van der Waals surface area (Å²) in [5.41, 5.74) is 0.479. The molecule has 96 valence electrons. The number of ketones is 1. The number of carbonyl (C=O) groups is 2. The summed E-state index contributed by atoms with van der Waals surface area (Å²) in [5, 5.41) is 0.438. The first-order valence-corrected chi connectivity index (χ1v) is 6.93. The second kappa shape index (κ2) is 5.41. The van der Waals surface area contributed by atoms with E-state index < -0.39 is 0 Å². The lowest BCUT2D eigenvalue weighted by molar-refractivity contribution is -0.124. The lowest BCUT2D eigenvalue weighted by atomic mass is 9.98. The molecule has 0 spiro atoms. The molecule has 1 aromatic rings. The third-order valence-electron chi connectivity index (χ3n) is 3.12. The van der Waals surface area contributed by atoms with Crippen LogP contribution in [0.1, 0.15) is 23.7 Å². The number of benzene rings is 1. The zero-order chi connectivity index (χ0) is 13.3. The van der Waals surface area contributed by atoms with Crippen molar-refractivity contribution in [2.24, 2.45) is 5.92 Å². The smallest absolute Gasteiger partial charge is 0.255 e. The fraction of sp³-hybridized carbons (Fsp3) is 0.385. The number of rotatable bonds is 1. The largest absolute Gasteiger partial charge is 0.337 e. The number of carbonyl (C=O) groups excluding carboxylic acids is 2. The third kappa shape index (κ3) is 2.75. The Morgan fingerprint density at radius 2 is 2.22 bits per heavy atom. The van der Waals surface area contributed by atoms with Crippen LogP contribution in [0.4, 0.5) is 0 Å². The first-order valence-electron chi connectivity index (χ1n) is 5.76. The number of halogens is 2. The molecule has 2 rings (SSSR count). The van der Waals surface area contributed by atoms with Crippen molar-refractivity contribution in [1.82, 2.24) is 4.90 Å². The summed E-state index contributed by atoms with van der Waals surface area (Å²) in [6.45, 7) is 2.80. The Labute approximate surface area is 119 Å². The molecule has 0 aromatic heterocycles. The Balaban J connectivity index is 2.21. The lowest BCUT2D eigenvalue weighted by Gasteiger charge is -2.30. The van der Waals surface area contributed by atoms with Crippen LogP contribution in [0.5, 0.6) is 0 Å². The molecule has 1 saturated heterocycles. The predicted molar refractivity (Wildman–Crippen MR) is 73.8 cm³/mol. The molecule has 3 nitrogen and oxygen atoms in total. The van der Waals surface area contributed by atoms with E-state index in [0.717, 1.165) is 4.47 Å². The number of piperidine rings is 1. The fourth-order valence-corrected chi connectivity index (χ4v) is 2.59. The normalized spacial score (nSPS) is 20.1. The van der Waals surface area contributed by atoms with Gasteiger partial charge in [0.15, 0.2) is 0 Å². The van der Waals surface area contributed by atoms with E-state index in [9.17, 15) is 9.59 Å². The Morgan fingerprint density at radius 1 is 1.50 bits per heavy atom. The molecule has 0 N–H and O–H groups in total. The van der Waals surface area contributed by atoms with Gasteiger partial charge in [0.05, 0.1) is 10.6 Å². The number of hydrogen-bond donors (Lipinski definition) is 0. The average Bonchev–Trinajstić information content (AvgIpc) is 2.35. The van der Waals surface area contributed by atoms with Gasteiger partial charge in [-0.25, -0.2) is 0 Å². The number of Topliss-reactive ketones (excluding diaryl/α,β-unsaturated/α-hetero) is 1. The molecule has 1 amide bonds. The summed E-state index contributed by atoms with van der Waals surface area (Å²) in [6, 6.07) is 5.20. The maximum Gasteiger partial charge on any atom is 0.255 e. The summed E-state index contributed by atoms with van der Waals surface area (Å²) in [4.78, 5) is 25.5. The summed E-state index contributed by atoms with van der Waals surface area (Å²) >= 11 is 9.37. The summed E-state index contributed by atoms with van der Waals surface area (Å²) < 4.78 is 0.816. The zero-order valence-corrected chi connectivity index (χ0v) is 12.3. The van der Waals surface area contributed by atoms with Crippen molar-refractivity contribution in [3.63, 3.8) is 0 Å². The van der Waals surface area contributed by atoms with Crippen LogP contribution in [-0.2, 0) is 4.79 Å². The molecule has 1 aliphatic heterocycles. The van der Waals surface area contributed by atoms with Gasteiger partial charge in [-0.05, 0) is 18.2 Å². The van der Waals surface area contributed by atoms with Crippen molar-refractivity contribution in [2.75, 3.05) is 13.1 Å². The Hall–Kier alpha value is -0.870. The molecule has 0 saturated carbocycles. The van der Waals surface area contributed by atoms with Crippen LogP contribution in [0.15, 0.2) is 22.7 Å². The minimum absolute atomic E-state index is 0.0892. The van der Waals surface area contributed by atoms with Gasteiger partial charge in [-0.2, -0.15) is 0 Å². The fourth-order valence-electron chi connectivity index (χ4n) is 2.03. The SMILES string of the molecule is CC1CN(C(=O)c2cc(Br)ccc2Cl)CCC1=O. The van der Waals surface area contributed by atoms with Gasteiger partial charge < -0.3 is 4.90 Å². The molecule has 1 heterocycles. The van der Waals surface area contributed by atoms with E-state index in [4.69, 9.17) is 11.6 Å². The highest BCUT2D eigenvalue weighted by Gasteiger charge is 2.28. The first kappa shape index (κ1) is 13.6. The van der Waals surface area contributed by atoms with E-state index in [-0.39, 0.29) is 17.6 Å². The first-order chi connectivity index (χ1) is 8.49. The third-order valence-corrected chi connectivity index (χ3v) is 3.94. The van der Waals surface area contributed by atoms with E-state index in [2.05, 4.69) is 15.9 Å². The van der Waals surface area contributed by atoms with Crippen LogP contribution in [0.25, 0.3) is 0 Å². The maximum atomic E-state index is 12.3. The number of hydrogen-bond acceptors (Lipinski definition) is 2. The van der Waals surface area contributed by atoms with Crippen molar-refractivity contribution in [2.45, 2.75) is 13.3 Å². The second-order valence-corrected chi connectivity index (χ2v) is 5.82. The van der Waals surface area contributed by atoms with Crippen LogP contribution in [0, 0.1) is 5.92 Å². The van der Waals surface area contributed by atoms with Gasteiger partial charge in [0, 0.05) is 29.9 Å². The van der Waals surface area contributed by atoms with Gasteiger partial charge >= 0.3 is 0 Å². The van der Waals surface area contributed by atoms with Crippen molar-refractivity contribution >= 4 is 39.2 Å². The quantitative estimate of drug-likeness (QED) is 0.793. The van der Waals surface area contributed by atoms with Crippen LogP contribution in [0.3, 0.4) is 0 Å². The Kier molecular flexibility index (Phi) is 4.07. The van der Waals surface area contributed by atoms with Gasteiger partial charge in [-0.15, -0.1) is 0 Å². The second-order valence-electron chi connectivity index (χ2n) is 4.49. The van der Waals surface area contributed by atoms with Crippen molar-refractivity contribution in [3.8, 4) is 0 Å². The highest BCUT2D eigenvalue weighted by molar-refractivity contribution is 9.10. The molecule has 1 unspecified atom stereocenters. The molecule has 1 aromatic carbocycles. The molecule has 0 aliphatic carbocycles. The number of nitrogens with zero attached hydrogens (tertiary/aromatic N) is 1. The molecule has 1 atom stereocenters. The maximum absolute atomic E-state index is 12.3. The topological polar surface area (TPSA) is 37.4 Å². The number of amides is 1. The van der Waals surface area contributed by atoms with Crippen LogP contribution in [0.2, 0.25) is 5.02 Å². The van der Waals surface area contributed by atoms with E-state index in [1.807, 2.05) is 6.92 Å². The molecular weight excluding hydrogens is 318 g/mol. The molecule has 18 heavy (non-hydrogen) atoms. The minimum atomic E-state index is -0.111. The molecule has 0 bridgehead atoms. The lowest BCUT2D eigenvalue weighted by Crippen LogP contribution is -2.43. The molecular formula is C13H13BrClNO2. The predicted octanol–water partition coefficient (Wildman–Crippen LogP) is 3.15. The Morgan fingerprint density at radius 3 is 2.89 bits per heavy atom. The minimum Gasteiger partial charge on any atom is -0.337 e. The monoisotopic (exact) mass is 329 g/mol. The number of likely N-dealkylation sites (tertiary alicyclic amines) is 1. The van der Waals surface area contributed by atoms with Gasteiger partial charge in [0.2, 0.25) is 0 Å². The van der Waals surface area contributed by atoms with Crippen molar-refractivity contribution in [3.05, 3.63) is 33.3 Å². The van der Waals surface area contributed by atoms with Crippen LogP contribution in [-0.4, -0.2) is 29.7 Å². The van der Waals surface area contributed by atoms with E-state index in [0.29, 0.717) is 30.1 Å². The summed E-state index contributed by atoms with van der Waals surface area (Å²) in [6.07, 6.45) is 0.429. The molecule has 1 aliphatic rings. The van der Waals surface area contributed by atoms with Crippen molar-refractivity contribution < 1.29 is 9.59 Å². The summed E-state index contributed by atoms with van der Waals surface area (Å²) in [5.74, 6) is 0.0219. The Bertz CT molecular complexity index is 504. The van der Waals surface area contributed by atoms with E-state index in [1.165, 1.54) is 0 Å². The van der Waals surface area contributed by atoms with Crippen molar-refractivity contribution in [1.29, 1.82) is 0 Å². The molecule has 0 radical (unpaired) electrons. The molecule has 1 fully saturated rings. The summed E-state index contributed by atoms with van der Waals surface area (Å²) in [7, 11) is 0. The molecule has 5 heteroatoms. The highest BCUT2D eigenvalue weighted by atomic mass is 79.9. The van der Waals surface area contributed by atoms with E-state index >= 15 is 0 Å². The average molecular weight is 331 g/mol. The van der Waals surface area contributed by atoms with Gasteiger partial charge in [-0.1, -0.05) is 34.5 Å². The van der Waals surface area contributed by atoms with Gasteiger partial charge in [0.25, 0.3) is 5.91 Å². The standard InChI is InChI=1S/C13H13BrClNO2/c1-8-7-16(5-4-12(8)17)13(18)10-6-9(14)2-3-11(10)15/h2-3,6,8H,4-5,7H2,1H3. The van der Waals surface area contributed by atoms with E-state index in [1.54, 1.807) is 23.1 Å². The van der Waals surface area contributed by atoms with Gasteiger partial charge in [-0.3, -0.25) is 9.59 Å². The van der Waals surface area contributed by atoms with Crippen LogP contribution < -0.4 is 0 Å². The van der Waals surface area contributed by atoms with Crippen LogP contribution >= 0.6 is 27.5 Å². The van der Waals surface area contributed by atoms with Gasteiger partial charge in [0.1, 0.15) is 5.78 Å². The zero-order valence-electron chi connectivity index (χ0n) is 9.95. The highest BCUT2D eigenvalue weighted by Crippen LogP contribution is 2.24.